The summed E-state index contributed by atoms with van der Waals surface area (Å²) in [6, 6.07) is 5.11. The number of rotatable bonds is 8. The Balaban J connectivity index is 1.62. The van der Waals surface area contributed by atoms with Crippen molar-refractivity contribution in [2.45, 2.75) is 43.3 Å². The molecule has 2 fully saturated rings. The molecule has 2 heterocycles. The second-order valence-electron chi connectivity index (χ2n) is 9.82. The Morgan fingerprint density at radius 1 is 1.18 bits per heavy atom. The summed E-state index contributed by atoms with van der Waals surface area (Å²) in [5.74, 6) is -3.51. The fourth-order valence-electron chi connectivity index (χ4n) is 4.91. The molecular formula is C26H29ClF2N2O6S. The minimum Gasteiger partial charge on any atom is -0.395 e. The minimum atomic E-state index is -3.79. The zero-order valence-corrected chi connectivity index (χ0v) is 22.4. The van der Waals surface area contributed by atoms with E-state index in [-0.39, 0.29) is 52.1 Å². The summed E-state index contributed by atoms with van der Waals surface area (Å²) in [6.45, 7) is 3.61. The number of amides is 2. The first kappa shape index (κ1) is 28.4. The van der Waals surface area contributed by atoms with E-state index in [0.29, 0.717) is 6.42 Å². The number of halogens is 3. The van der Waals surface area contributed by atoms with Crippen molar-refractivity contribution in [1.82, 2.24) is 10.2 Å². The fraction of sp³-hybridized carbons (Fsp3) is 0.462. The lowest BCUT2D eigenvalue weighted by atomic mass is 9.90. The first-order valence-electron chi connectivity index (χ1n) is 12.2. The zero-order chi connectivity index (χ0) is 27.8. The average molecular weight is 571 g/mol. The molecule has 0 aliphatic carbocycles. The number of benzene rings is 2. The quantitative estimate of drug-likeness (QED) is 0.472. The molecular weight excluding hydrogens is 542 g/mol. The molecule has 0 radical (unpaired) electrons. The second-order valence-corrected chi connectivity index (χ2v) is 12.3. The minimum absolute atomic E-state index is 0.0627. The van der Waals surface area contributed by atoms with E-state index >= 15 is 0 Å². The highest BCUT2D eigenvalue weighted by Crippen LogP contribution is 2.35. The Morgan fingerprint density at radius 2 is 1.89 bits per heavy atom. The summed E-state index contributed by atoms with van der Waals surface area (Å²) < 4.78 is 59.1. The Kier molecular flexibility index (Phi) is 8.41. The molecule has 2 aliphatic rings. The van der Waals surface area contributed by atoms with Gasteiger partial charge in [0.05, 0.1) is 41.5 Å². The van der Waals surface area contributed by atoms with Gasteiger partial charge >= 0.3 is 0 Å². The Labute approximate surface area is 224 Å². The number of nitrogens with one attached hydrogen (secondary N) is 1. The molecule has 0 saturated carbocycles. The number of carbonyl (C=O) groups is 2. The number of aliphatic hydroxyl groups excluding tert-OH is 1. The van der Waals surface area contributed by atoms with Gasteiger partial charge in [-0.05, 0) is 49.6 Å². The Hall–Kier alpha value is -2.60. The number of likely N-dealkylation sites (tertiary alicyclic amines) is 1. The third-order valence-electron chi connectivity index (χ3n) is 7.34. The van der Waals surface area contributed by atoms with Crippen molar-refractivity contribution in [3.05, 3.63) is 64.2 Å². The molecule has 0 bridgehead atoms. The largest absolute Gasteiger partial charge is 0.395 e. The molecule has 2 aliphatic heterocycles. The van der Waals surface area contributed by atoms with Gasteiger partial charge in [-0.15, -0.1) is 0 Å². The lowest BCUT2D eigenvalue weighted by molar-refractivity contribution is -0.128. The van der Waals surface area contributed by atoms with Crippen LogP contribution >= 0.6 is 11.6 Å². The van der Waals surface area contributed by atoms with Crippen LogP contribution in [0.3, 0.4) is 0 Å². The van der Waals surface area contributed by atoms with Crippen molar-refractivity contribution >= 4 is 33.3 Å². The molecule has 2 amide bonds. The monoisotopic (exact) mass is 570 g/mol. The molecule has 4 rings (SSSR count). The molecule has 2 N–H and O–H groups in total. The van der Waals surface area contributed by atoms with Crippen LogP contribution in [-0.4, -0.2) is 67.9 Å². The van der Waals surface area contributed by atoms with Crippen LogP contribution in [-0.2, 0) is 19.4 Å². The highest BCUT2D eigenvalue weighted by Gasteiger charge is 2.45. The summed E-state index contributed by atoms with van der Waals surface area (Å²) in [6.07, 6.45) is 0.326. The molecule has 12 heteroatoms. The average Bonchev–Trinajstić information content (AvgIpc) is 3.13. The predicted octanol–water partition coefficient (Wildman–Crippen LogP) is 3.13. The SMILES string of the molecule is C[C@@H]1C[C@H](C(=O)NC(c2cc(F)c(Cl)cc2F)C2COC2)N(C(=O)c2cccc(S(=O)(=O)CCO)c2)[C@@H]1C. The number of ether oxygens (including phenoxy) is 1. The maximum absolute atomic E-state index is 14.8. The number of aliphatic hydroxyl groups is 1. The topological polar surface area (TPSA) is 113 Å². The number of hydrogen-bond donors (Lipinski definition) is 2. The summed E-state index contributed by atoms with van der Waals surface area (Å²) in [7, 11) is -3.79. The number of carbonyl (C=O) groups excluding carboxylic acids is 2. The maximum atomic E-state index is 14.8. The van der Waals surface area contributed by atoms with Gasteiger partial charge in [0, 0.05) is 23.1 Å². The van der Waals surface area contributed by atoms with E-state index < -0.39 is 57.7 Å². The first-order valence-corrected chi connectivity index (χ1v) is 14.3. The molecule has 8 nitrogen and oxygen atoms in total. The van der Waals surface area contributed by atoms with Gasteiger partial charge in [0.2, 0.25) is 5.91 Å². The first-order chi connectivity index (χ1) is 17.9. The van der Waals surface area contributed by atoms with E-state index in [2.05, 4.69) is 5.32 Å². The van der Waals surface area contributed by atoms with E-state index in [1.807, 2.05) is 6.92 Å². The number of sulfone groups is 1. The second kappa shape index (κ2) is 11.3. The Morgan fingerprint density at radius 3 is 2.53 bits per heavy atom. The third-order valence-corrected chi connectivity index (χ3v) is 9.32. The lowest BCUT2D eigenvalue weighted by Crippen LogP contribution is -2.51. The highest BCUT2D eigenvalue weighted by molar-refractivity contribution is 7.91. The summed E-state index contributed by atoms with van der Waals surface area (Å²) >= 11 is 5.71. The molecule has 2 aromatic rings. The van der Waals surface area contributed by atoms with Gasteiger partial charge in [-0.3, -0.25) is 9.59 Å². The normalized spacial score (nSPS) is 22.7. The standard InChI is InChI=1S/C26H29ClF2N2O6S/c1-14-8-23(25(33)30-24(17-12-37-13-17)19-10-22(29)20(27)11-21(19)28)31(15(14)2)26(34)16-4-3-5-18(9-16)38(35,36)7-6-32/h3-5,9-11,14-15,17,23-24,32H,6-8,12-13H2,1-2H3,(H,30,33)/t14-,15-,23-,24?/m1/s1. The number of hydrogen-bond acceptors (Lipinski definition) is 6. The van der Waals surface area contributed by atoms with Crippen molar-refractivity contribution in [3.8, 4) is 0 Å². The molecule has 38 heavy (non-hydrogen) atoms. The van der Waals surface area contributed by atoms with E-state index in [0.717, 1.165) is 12.1 Å². The Bertz CT molecular complexity index is 1340. The van der Waals surface area contributed by atoms with Gasteiger partial charge in [0.15, 0.2) is 9.84 Å². The van der Waals surface area contributed by atoms with Gasteiger partial charge in [-0.2, -0.15) is 0 Å². The van der Waals surface area contributed by atoms with Crippen LogP contribution in [0.2, 0.25) is 5.02 Å². The van der Waals surface area contributed by atoms with Crippen molar-refractivity contribution < 1.29 is 36.6 Å². The van der Waals surface area contributed by atoms with Crippen LogP contribution in [0, 0.1) is 23.5 Å². The van der Waals surface area contributed by atoms with Crippen LogP contribution in [0.1, 0.15) is 42.2 Å². The maximum Gasteiger partial charge on any atom is 0.254 e. The zero-order valence-electron chi connectivity index (χ0n) is 20.9. The van der Waals surface area contributed by atoms with E-state index in [9.17, 15) is 26.8 Å². The van der Waals surface area contributed by atoms with E-state index in [1.54, 1.807) is 6.92 Å². The van der Waals surface area contributed by atoms with Gasteiger partial charge < -0.3 is 20.1 Å². The van der Waals surface area contributed by atoms with Gasteiger partial charge in [0.25, 0.3) is 5.91 Å². The van der Waals surface area contributed by atoms with Gasteiger partial charge in [-0.25, -0.2) is 17.2 Å². The number of nitrogens with zero attached hydrogens (tertiary/aromatic N) is 1. The summed E-state index contributed by atoms with van der Waals surface area (Å²) in [5, 5.41) is 11.5. The highest BCUT2D eigenvalue weighted by atomic mass is 35.5. The molecule has 2 aromatic carbocycles. The van der Waals surface area contributed by atoms with Gasteiger partial charge in [-0.1, -0.05) is 24.6 Å². The summed E-state index contributed by atoms with van der Waals surface area (Å²) in [5.41, 5.74) is 0.0184. The van der Waals surface area contributed by atoms with Crippen LogP contribution < -0.4 is 5.32 Å². The fourth-order valence-corrected chi connectivity index (χ4v) is 6.13. The van der Waals surface area contributed by atoms with Crippen LogP contribution in [0.25, 0.3) is 0 Å². The molecule has 4 atom stereocenters. The van der Waals surface area contributed by atoms with Gasteiger partial charge in [0.1, 0.15) is 17.7 Å². The summed E-state index contributed by atoms with van der Waals surface area (Å²) in [4.78, 5) is 28.5. The van der Waals surface area contributed by atoms with Crippen LogP contribution in [0.5, 0.6) is 0 Å². The third kappa shape index (κ3) is 5.56. The molecule has 0 spiro atoms. The molecule has 0 aromatic heterocycles. The lowest BCUT2D eigenvalue weighted by Gasteiger charge is -2.36. The van der Waals surface area contributed by atoms with Crippen molar-refractivity contribution in [2.24, 2.45) is 11.8 Å². The van der Waals surface area contributed by atoms with Crippen molar-refractivity contribution in [2.75, 3.05) is 25.6 Å². The molecule has 2 saturated heterocycles. The van der Waals surface area contributed by atoms with Crippen molar-refractivity contribution in [1.29, 1.82) is 0 Å². The van der Waals surface area contributed by atoms with E-state index in [4.69, 9.17) is 21.4 Å². The van der Waals surface area contributed by atoms with Crippen LogP contribution in [0.4, 0.5) is 8.78 Å². The smallest absolute Gasteiger partial charge is 0.254 e. The van der Waals surface area contributed by atoms with Crippen LogP contribution in [0.15, 0.2) is 41.3 Å². The predicted molar refractivity (Wildman–Crippen MR) is 135 cm³/mol. The molecule has 206 valence electrons. The van der Waals surface area contributed by atoms with Crippen molar-refractivity contribution in [3.63, 3.8) is 0 Å². The molecule has 1 unspecified atom stereocenters. The van der Waals surface area contributed by atoms with E-state index in [1.165, 1.54) is 29.2 Å².